The molecule has 0 aromatic heterocycles. The van der Waals surface area contributed by atoms with E-state index in [1.165, 1.54) is 0 Å². The summed E-state index contributed by atoms with van der Waals surface area (Å²) >= 11 is 26.2. The first-order chi connectivity index (χ1) is 11.5. The minimum absolute atomic E-state index is 0.0101. The van der Waals surface area contributed by atoms with Crippen LogP contribution in [0.4, 0.5) is 0 Å². The normalized spacial score (nSPS) is 41.4. The lowest BCUT2D eigenvalue weighted by molar-refractivity contribution is 0.236. The zero-order chi connectivity index (χ0) is 17.1. The van der Waals surface area contributed by atoms with E-state index in [0.29, 0.717) is 11.8 Å². The molecule has 0 spiro atoms. The number of halogens is 4. The third-order valence-corrected chi connectivity index (χ3v) is 7.88. The number of alkyl halides is 4. The molecule has 0 bridgehead atoms. The maximum absolute atomic E-state index is 6.70. The lowest BCUT2D eigenvalue weighted by Gasteiger charge is -2.40. The molecule has 7 heteroatoms. The summed E-state index contributed by atoms with van der Waals surface area (Å²) in [7, 11) is 0. The van der Waals surface area contributed by atoms with Gasteiger partial charge in [0.15, 0.2) is 5.96 Å². The number of aliphatic imine (C=N–C) groups is 1. The zero-order valence-electron chi connectivity index (χ0n) is 13.9. The predicted molar refractivity (Wildman–Crippen MR) is 105 cm³/mol. The van der Waals surface area contributed by atoms with Gasteiger partial charge in [-0.3, -0.25) is 4.99 Å². The molecule has 3 nitrogen and oxygen atoms in total. The molecular weight excluding hydrogens is 388 g/mol. The van der Waals surface area contributed by atoms with Crippen LogP contribution in [0.2, 0.25) is 0 Å². The van der Waals surface area contributed by atoms with Crippen molar-refractivity contribution in [3.05, 3.63) is 0 Å². The molecule has 7 unspecified atom stereocenters. The maximum Gasteiger partial charge on any atom is 0.191 e. The van der Waals surface area contributed by atoms with Crippen LogP contribution in [0.15, 0.2) is 4.99 Å². The van der Waals surface area contributed by atoms with Crippen molar-refractivity contribution in [3.63, 3.8) is 0 Å². The van der Waals surface area contributed by atoms with E-state index in [-0.39, 0.29) is 27.6 Å². The molecule has 0 saturated heterocycles. The molecule has 1 heterocycles. The molecule has 0 radical (unpaired) electrons. The molecule has 2 N–H and O–H groups in total. The fraction of sp³-hybridized carbons (Fsp3) is 0.941. The number of hydrogen-bond acceptors (Lipinski definition) is 3. The quantitative estimate of drug-likeness (QED) is 0.671. The van der Waals surface area contributed by atoms with Crippen molar-refractivity contribution in [2.75, 3.05) is 13.1 Å². The van der Waals surface area contributed by atoms with E-state index in [2.05, 4.69) is 15.6 Å². The second-order valence-corrected chi connectivity index (χ2v) is 9.63. The highest BCUT2D eigenvalue weighted by Gasteiger charge is 2.39. The van der Waals surface area contributed by atoms with Gasteiger partial charge >= 0.3 is 0 Å². The molecule has 0 amide bonds. The summed E-state index contributed by atoms with van der Waals surface area (Å²) in [5.41, 5.74) is 0. The zero-order valence-corrected chi connectivity index (χ0v) is 16.9. The SMILES string of the molecule is ClC1CCC(Cl)C(CC(NC2=NCCN2)C2CCCC(Cl)C2Cl)C1. The Morgan fingerprint density at radius 1 is 1.08 bits per heavy atom. The van der Waals surface area contributed by atoms with Gasteiger partial charge in [0.05, 0.1) is 17.3 Å². The Labute approximate surface area is 165 Å². The predicted octanol–water partition coefficient (Wildman–Crippen LogP) is 4.32. The Balaban J connectivity index is 1.71. The standard InChI is InChI=1S/C17H27Cl4N3/c18-11-4-5-13(19)10(8-11)9-15(24-17-22-6-7-23-17)12-2-1-3-14(20)16(12)21/h10-16H,1-9H2,(H2,22,23,24). The maximum atomic E-state index is 6.70. The third-order valence-electron chi connectivity index (χ3n) is 5.67. The summed E-state index contributed by atoms with van der Waals surface area (Å²) in [5, 5.41) is 7.41. The molecule has 3 aliphatic rings. The number of hydrogen-bond donors (Lipinski definition) is 2. The second kappa shape index (κ2) is 8.88. The number of nitrogens with one attached hydrogen (secondary N) is 2. The van der Waals surface area contributed by atoms with E-state index in [0.717, 1.165) is 64.0 Å². The number of nitrogens with zero attached hydrogens (tertiary/aromatic N) is 1. The van der Waals surface area contributed by atoms with E-state index >= 15 is 0 Å². The molecule has 2 saturated carbocycles. The summed E-state index contributed by atoms with van der Waals surface area (Å²) in [6.07, 6.45) is 7.22. The summed E-state index contributed by atoms with van der Waals surface area (Å²) in [4.78, 5) is 4.50. The van der Waals surface area contributed by atoms with Gasteiger partial charge in [0.1, 0.15) is 0 Å². The van der Waals surface area contributed by atoms with Crippen LogP contribution < -0.4 is 10.6 Å². The van der Waals surface area contributed by atoms with Crippen molar-refractivity contribution in [2.45, 2.75) is 72.5 Å². The highest BCUT2D eigenvalue weighted by Crippen LogP contribution is 2.40. The fourth-order valence-electron chi connectivity index (χ4n) is 4.31. The molecule has 0 aromatic rings. The highest BCUT2D eigenvalue weighted by atomic mass is 35.5. The van der Waals surface area contributed by atoms with Crippen molar-refractivity contribution >= 4 is 52.4 Å². The number of guanidine groups is 1. The fourth-order valence-corrected chi connectivity index (χ4v) is 5.76. The van der Waals surface area contributed by atoms with Crippen LogP contribution in [0, 0.1) is 11.8 Å². The minimum atomic E-state index is -0.0101. The Kier molecular flexibility index (Phi) is 7.11. The molecule has 138 valence electrons. The topological polar surface area (TPSA) is 36.4 Å². The van der Waals surface area contributed by atoms with Gasteiger partial charge in [-0.25, -0.2) is 0 Å². The molecule has 3 rings (SSSR count). The van der Waals surface area contributed by atoms with Crippen molar-refractivity contribution in [1.82, 2.24) is 10.6 Å². The van der Waals surface area contributed by atoms with E-state index in [1.54, 1.807) is 0 Å². The lowest BCUT2D eigenvalue weighted by atomic mass is 9.76. The van der Waals surface area contributed by atoms with Gasteiger partial charge in [-0.05, 0) is 50.4 Å². The van der Waals surface area contributed by atoms with E-state index in [4.69, 9.17) is 46.4 Å². The van der Waals surface area contributed by atoms with Crippen LogP contribution >= 0.6 is 46.4 Å². The van der Waals surface area contributed by atoms with Gasteiger partial charge < -0.3 is 10.6 Å². The van der Waals surface area contributed by atoms with Crippen molar-refractivity contribution in [1.29, 1.82) is 0 Å². The second-order valence-electron chi connectivity index (χ2n) is 7.39. The Bertz CT molecular complexity index is 448. The van der Waals surface area contributed by atoms with Gasteiger partial charge in [-0.2, -0.15) is 0 Å². The third kappa shape index (κ3) is 4.78. The Hall–Kier alpha value is 0.430. The van der Waals surface area contributed by atoms with Crippen molar-refractivity contribution in [3.8, 4) is 0 Å². The van der Waals surface area contributed by atoms with Crippen LogP contribution in [0.5, 0.6) is 0 Å². The van der Waals surface area contributed by atoms with Gasteiger partial charge in [-0.15, -0.1) is 46.4 Å². The highest BCUT2D eigenvalue weighted by molar-refractivity contribution is 6.30. The molecular formula is C17H27Cl4N3. The smallest absolute Gasteiger partial charge is 0.191 e. The Morgan fingerprint density at radius 2 is 1.92 bits per heavy atom. The molecule has 7 atom stereocenters. The monoisotopic (exact) mass is 413 g/mol. The van der Waals surface area contributed by atoms with E-state index in [9.17, 15) is 0 Å². The molecule has 2 aliphatic carbocycles. The van der Waals surface area contributed by atoms with Crippen LogP contribution in [0.25, 0.3) is 0 Å². The summed E-state index contributed by atoms with van der Waals surface area (Å²) in [5.74, 6) is 1.65. The largest absolute Gasteiger partial charge is 0.355 e. The summed E-state index contributed by atoms with van der Waals surface area (Å²) in [6, 6.07) is 0.242. The summed E-state index contributed by atoms with van der Waals surface area (Å²) in [6.45, 7) is 1.72. The average Bonchev–Trinajstić information content (AvgIpc) is 3.06. The molecule has 0 aromatic carbocycles. The van der Waals surface area contributed by atoms with Gasteiger partial charge in [0.25, 0.3) is 0 Å². The van der Waals surface area contributed by atoms with Gasteiger partial charge in [0, 0.05) is 23.3 Å². The molecule has 1 aliphatic heterocycles. The van der Waals surface area contributed by atoms with Gasteiger partial charge in [0.2, 0.25) is 0 Å². The lowest BCUT2D eigenvalue weighted by Crippen LogP contribution is -2.51. The van der Waals surface area contributed by atoms with Crippen molar-refractivity contribution in [2.24, 2.45) is 16.8 Å². The van der Waals surface area contributed by atoms with Gasteiger partial charge in [-0.1, -0.05) is 6.42 Å². The Morgan fingerprint density at radius 3 is 2.67 bits per heavy atom. The van der Waals surface area contributed by atoms with Crippen molar-refractivity contribution < 1.29 is 0 Å². The summed E-state index contributed by atoms with van der Waals surface area (Å²) < 4.78 is 0. The van der Waals surface area contributed by atoms with Crippen LogP contribution in [-0.2, 0) is 0 Å². The first-order valence-corrected chi connectivity index (χ1v) is 10.9. The van der Waals surface area contributed by atoms with Crippen LogP contribution in [0.1, 0.15) is 44.9 Å². The first kappa shape index (κ1) is 19.2. The van der Waals surface area contributed by atoms with E-state index < -0.39 is 0 Å². The average molecular weight is 415 g/mol. The first-order valence-electron chi connectivity index (χ1n) is 9.15. The minimum Gasteiger partial charge on any atom is -0.355 e. The molecule has 24 heavy (non-hydrogen) atoms. The molecule has 2 fully saturated rings. The van der Waals surface area contributed by atoms with Crippen LogP contribution in [0.3, 0.4) is 0 Å². The van der Waals surface area contributed by atoms with E-state index in [1.807, 2.05) is 0 Å². The van der Waals surface area contributed by atoms with Crippen LogP contribution in [-0.4, -0.2) is 46.6 Å². The number of rotatable bonds is 4.